The summed E-state index contributed by atoms with van der Waals surface area (Å²) in [5, 5.41) is 5.16. The van der Waals surface area contributed by atoms with Crippen LogP contribution in [0, 0.1) is 6.92 Å². The number of ether oxygens (including phenoxy) is 1. The van der Waals surface area contributed by atoms with Crippen molar-refractivity contribution in [2.75, 3.05) is 11.9 Å². The van der Waals surface area contributed by atoms with Gasteiger partial charge in [-0.2, -0.15) is 0 Å². The lowest BCUT2D eigenvalue weighted by molar-refractivity contribution is -0.143. The number of esters is 1. The second-order valence-corrected chi connectivity index (χ2v) is 9.37. The van der Waals surface area contributed by atoms with Crippen molar-refractivity contribution in [1.29, 1.82) is 0 Å². The van der Waals surface area contributed by atoms with Gasteiger partial charge in [0.05, 0.1) is 6.61 Å². The minimum atomic E-state index is -0.483. The van der Waals surface area contributed by atoms with Crippen molar-refractivity contribution in [2.24, 2.45) is 0 Å². The van der Waals surface area contributed by atoms with Crippen molar-refractivity contribution < 1.29 is 23.9 Å². The van der Waals surface area contributed by atoms with Crippen LogP contribution in [0.5, 0.6) is 0 Å². The molecule has 0 aromatic heterocycles. The first kappa shape index (κ1) is 30.0. The van der Waals surface area contributed by atoms with Gasteiger partial charge in [-0.1, -0.05) is 48.5 Å². The van der Waals surface area contributed by atoms with Gasteiger partial charge in [0.15, 0.2) is 5.11 Å². The highest BCUT2D eigenvalue weighted by Crippen LogP contribution is 2.13. The Morgan fingerprint density at radius 2 is 1.48 bits per heavy atom. The first-order valence-corrected chi connectivity index (χ1v) is 13.3. The molecule has 0 radical (unpaired) electrons. The van der Waals surface area contributed by atoms with Gasteiger partial charge in [0.2, 0.25) is 5.91 Å². The molecule has 0 unspecified atom stereocenters. The van der Waals surface area contributed by atoms with Crippen molar-refractivity contribution in [3.63, 3.8) is 0 Å². The standard InChI is InChI=1S/C30H32N4O5S/c1-21-9-5-6-13-25(21)29(38)31-24-18-16-23(17-19-24)28(37)33-34-30(40)32-26(35)14-7-15-27(36)39-20-8-12-22-10-3-2-4-11-22/h2-6,9-11,13,16-19H,7-8,12,14-15,20H2,1H3,(H,31,38)(H,33,37)(H2,32,34,35,40). The summed E-state index contributed by atoms with van der Waals surface area (Å²) in [4.78, 5) is 48.8. The lowest BCUT2D eigenvalue weighted by atomic mass is 10.1. The van der Waals surface area contributed by atoms with Gasteiger partial charge in [0, 0.05) is 29.7 Å². The van der Waals surface area contributed by atoms with E-state index in [-0.39, 0.29) is 29.8 Å². The molecule has 3 aromatic carbocycles. The van der Waals surface area contributed by atoms with Crippen LogP contribution in [0.1, 0.15) is 57.5 Å². The van der Waals surface area contributed by atoms with E-state index in [1.165, 1.54) is 5.56 Å². The number of benzene rings is 3. The number of thiocarbonyl (C=S) groups is 1. The van der Waals surface area contributed by atoms with Crippen LogP contribution in [-0.4, -0.2) is 35.4 Å². The van der Waals surface area contributed by atoms with Gasteiger partial charge in [0.25, 0.3) is 11.8 Å². The maximum absolute atomic E-state index is 12.4. The van der Waals surface area contributed by atoms with Crippen molar-refractivity contribution in [3.8, 4) is 0 Å². The zero-order valence-electron chi connectivity index (χ0n) is 22.2. The molecule has 3 aromatic rings. The van der Waals surface area contributed by atoms with E-state index in [1.54, 1.807) is 36.4 Å². The van der Waals surface area contributed by atoms with E-state index in [4.69, 9.17) is 17.0 Å². The first-order valence-electron chi connectivity index (χ1n) is 12.9. The average molecular weight is 561 g/mol. The zero-order chi connectivity index (χ0) is 28.7. The fourth-order valence-corrected chi connectivity index (χ4v) is 3.87. The summed E-state index contributed by atoms with van der Waals surface area (Å²) < 4.78 is 5.21. The van der Waals surface area contributed by atoms with Crippen LogP contribution in [0.2, 0.25) is 0 Å². The molecule has 0 saturated heterocycles. The zero-order valence-corrected chi connectivity index (χ0v) is 23.0. The molecule has 40 heavy (non-hydrogen) atoms. The van der Waals surface area contributed by atoms with Gasteiger partial charge < -0.3 is 15.4 Å². The molecule has 0 atom stereocenters. The van der Waals surface area contributed by atoms with Crippen molar-refractivity contribution in [1.82, 2.24) is 16.2 Å². The van der Waals surface area contributed by atoms with Crippen LogP contribution in [0.25, 0.3) is 0 Å². The van der Waals surface area contributed by atoms with E-state index in [9.17, 15) is 19.2 Å². The Bertz CT molecular complexity index is 1330. The van der Waals surface area contributed by atoms with Crippen LogP contribution in [-0.2, 0) is 20.7 Å². The number of amides is 3. The normalized spacial score (nSPS) is 10.2. The summed E-state index contributed by atoms with van der Waals surface area (Å²) in [6.07, 6.45) is 2.07. The highest BCUT2D eigenvalue weighted by Gasteiger charge is 2.11. The predicted octanol–water partition coefficient (Wildman–Crippen LogP) is 4.23. The van der Waals surface area contributed by atoms with E-state index in [0.717, 1.165) is 18.4 Å². The van der Waals surface area contributed by atoms with Gasteiger partial charge in [-0.15, -0.1) is 0 Å². The van der Waals surface area contributed by atoms with Crippen LogP contribution in [0.15, 0.2) is 78.9 Å². The number of rotatable bonds is 11. The fourth-order valence-electron chi connectivity index (χ4n) is 3.71. The van der Waals surface area contributed by atoms with Crippen molar-refractivity contribution in [2.45, 2.75) is 39.0 Å². The molecule has 3 amide bonds. The van der Waals surface area contributed by atoms with Crippen molar-refractivity contribution >= 4 is 46.7 Å². The number of hydrogen-bond acceptors (Lipinski definition) is 6. The molecule has 0 fully saturated rings. The van der Waals surface area contributed by atoms with Crippen LogP contribution in [0.4, 0.5) is 5.69 Å². The Morgan fingerprint density at radius 3 is 2.20 bits per heavy atom. The Balaban J connectivity index is 1.29. The second kappa shape index (κ2) is 15.7. The predicted molar refractivity (Wildman–Crippen MR) is 156 cm³/mol. The third-order valence-electron chi connectivity index (χ3n) is 5.84. The SMILES string of the molecule is Cc1ccccc1C(=O)Nc1ccc(C(=O)NNC(=S)NC(=O)CCCC(=O)OCCCc2ccccc2)cc1. The van der Waals surface area contributed by atoms with Gasteiger partial charge in [-0.05, 0) is 79.9 Å². The highest BCUT2D eigenvalue weighted by molar-refractivity contribution is 7.80. The third kappa shape index (κ3) is 10.3. The topological polar surface area (TPSA) is 126 Å². The van der Waals surface area contributed by atoms with Gasteiger partial charge in [0.1, 0.15) is 0 Å². The summed E-state index contributed by atoms with van der Waals surface area (Å²) in [7, 11) is 0. The fraction of sp³-hybridized carbons (Fsp3) is 0.233. The van der Waals surface area contributed by atoms with Crippen molar-refractivity contribution in [3.05, 3.63) is 101 Å². The number of hydrogen-bond donors (Lipinski definition) is 4. The summed E-state index contributed by atoms with van der Waals surface area (Å²) in [6.45, 7) is 2.19. The maximum atomic E-state index is 12.4. The largest absolute Gasteiger partial charge is 0.466 e. The number of carbonyl (C=O) groups excluding carboxylic acids is 4. The van der Waals surface area contributed by atoms with Gasteiger partial charge in [-0.25, -0.2) is 0 Å². The molecule has 0 spiro atoms. The van der Waals surface area contributed by atoms with Crippen LogP contribution >= 0.6 is 12.2 Å². The van der Waals surface area contributed by atoms with E-state index < -0.39 is 11.8 Å². The maximum Gasteiger partial charge on any atom is 0.305 e. The molecule has 0 bridgehead atoms. The molecule has 0 heterocycles. The summed E-state index contributed by atoms with van der Waals surface area (Å²) >= 11 is 5.04. The molecule has 0 aliphatic heterocycles. The highest BCUT2D eigenvalue weighted by atomic mass is 32.1. The molecule has 0 saturated carbocycles. The van der Waals surface area contributed by atoms with Gasteiger partial charge >= 0.3 is 5.97 Å². The molecule has 3 rings (SSSR count). The number of nitrogens with one attached hydrogen (secondary N) is 4. The molecular formula is C30H32N4O5S. The molecular weight excluding hydrogens is 528 g/mol. The number of hydrazine groups is 1. The summed E-state index contributed by atoms with van der Waals surface area (Å²) in [6, 6.07) is 23.5. The van der Waals surface area contributed by atoms with E-state index in [2.05, 4.69) is 21.5 Å². The first-order chi connectivity index (χ1) is 19.3. The van der Waals surface area contributed by atoms with E-state index >= 15 is 0 Å². The summed E-state index contributed by atoms with van der Waals surface area (Å²) in [5.41, 5.74) is 8.35. The second-order valence-electron chi connectivity index (χ2n) is 8.97. The summed E-state index contributed by atoms with van der Waals surface area (Å²) in [5.74, 6) is -1.47. The van der Waals surface area contributed by atoms with Crippen LogP contribution in [0.3, 0.4) is 0 Å². The Hall–Kier alpha value is -4.57. The molecule has 0 aliphatic rings. The Kier molecular flexibility index (Phi) is 11.8. The number of aryl methyl sites for hydroxylation is 2. The third-order valence-corrected chi connectivity index (χ3v) is 6.04. The minimum absolute atomic E-state index is 0.0740. The quantitative estimate of drug-likeness (QED) is 0.120. The van der Waals surface area contributed by atoms with E-state index in [1.807, 2.05) is 49.4 Å². The van der Waals surface area contributed by atoms with Crippen LogP contribution < -0.4 is 21.5 Å². The smallest absolute Gasteiger partial charge is 0.305 e. The average Bonchev–Trinajstić information content (AvgIpc) is 2.95. The Labute approximate surface area is 238 Å². The Morgan fingerprint density at radius 1 is 0.775 bits per heavy atom. The van der Waals surface area contributed by atoms with Gasteiger partial charge in [-0.3, -0.25) is 30.0 Å². The molecule has 4 N–H and O–H groups in total. The number of carbonyl (C=O) groups is 4. The molecule has 9 nitrogen and oxygen atoms in total. The lowest BCUT2D eigenvalue weighted by Gasteiger charge is -2.11. The minimum Gasteiger partial charge on any atom is -0.466 e. The lowest BCUT2D eigenvalue weighted by Crippen LogP contribution is -2.48. The molecule has 208 valence electrons. The number of anilines is 1. The van der Waals surface area contributed by atoms with E-state index in [0.29, 0.717) is 29.8 Å². The monoisotopic (exact) mass is 560 g/mol. The molecule has 10 heteroatoms. The molecule has 0 aliphatic carbocycles.